The summed E-state index contributed by atoms with van der Waals surface area (Å²) < 4.78 is 0. The number of amides is 1. The molecule has 3 N–H and O–H groups in total. The predicted octanol–water partition coefficient (Wildman–Crippen LogP) is 2.14. The predicted molar refractivity (Wildman–Crippen MR) is 76.1 cm³/mol. The van der Waals surface area contributed by atoms with Crippen LogP contribution in [0, 0.1) is 6.92 Å². The number of benzene rings is 1. The lowest BCUT2D eigenvalue weighted by atomic mass is 10.1. The molecule has 2 aromatic rings. The summed E-state index contributed by atoms with van der Waals surface area (Å²) in [6, 6.07) is 11.7. The molecule has 0 bridgehead atoms. The van der Waals surface area contributed by atoms with E-state index in [4.69, 9.17) is 5.73 Å². The van der Waals surface area contributed by atoms with Crippen LogP contribution in [0.2, 0.25) is 0 Å². The Morgan fingerprint density at radius 2 is 2.16 bits per heavy atom. The lowest BCUT2D eigenvalue weighted by Gasteiger charge is -2.08. The van der Waals surface area contributed by atoms with Gasteiger partial charge in [-0.1, -0.05) is 29.8 Å². The first kappa shape index (κ1) is 13.1. The maximum absolute atomic E-state index is 11.2. The van der Waals surface area contributed by atoms with Gasteiger partial charge in [0.1, 0.15) is 5.82 Å². The first-order valence-corrected chi connectivity index (χ1v) is 6.21. The number of nitrogens with two attached hydrogens (primary N) is 1. The summed E-state index contributed by atoms with van der Waals surface area (Å²) in [7, 11) is 0. The number of carbonyl (C=O) groups is 1. The summed E-state index contributed by atoms with van der Waals surface area (Å²) in [5.74, 6) is 0.0776. The molecule has 0 saturated carbocycles. The lowest BCUT2D eigenvalue weighted by Crippen LogP contribution is -2.16. The monoisotopic (exact) mass is 255 g/mol. The molecule has 1 amide bonds. The molecule has 19 heavy (non-hydrogen) atoms. The lowest BCUT2D eigenvalue weighted by molar-refractivity contribution is 0.100. The van der Waals surface area contributed by atoms with Crippen LogP contribution in [0.15, 0.2) is 42.6 Å². The Balaban J connectivity index is 1.98. The summed E-state index contributed by atoms with van der Waals surface area (Å²) in [4.78, 5) is 15.4. The molecule has 0 aliphatic heterocycles. The van der Waals surface area contributed by atoms with Gasteiger partial charge >= 0.3 is 0 Å². The van der Waals surface area contributed by atoms with Crippen LogP contribution in [0.5, 0.6) is 0 Å². The first-order chi connectivity index (χ1) is 9.16. The van der Waals surface area contributed by atoms with E-state index in [9.17, 15) is 4.79 Å². The second kappa shape index (κ2) is 6.00. The van der Waals surface area contributed by atoms with Gasteiger partial charge in [-0.3, -0.25) is 4.79 Å². The molecule has 0 saturated heterocycles. The molecular weight excluding hydrogens is 238 g/mol. The van der Waals surface area contributed by atoms with Crippen LogP contribution in [-0.2, 0) is 6.42 Å². The van der Waals surface area contributed by atoms with E-state index in [1.165, 1.54) is 11.1 Å². The molecule has 2 rings (SSSR count). The molecule has 0 unspecified atom stereocenters. The van der Waals surface area contributed by atoms with Gasteiger partial charge in [-0.15, -0.1) is 0 Å². The zero-order valence-corrected chi connectivity index (χ0v) is 10.9. The van der Waals surface area contributed by atoms with Crippen molar-refractivity contribution in [3.8, 4) is 0 Å². The molecule has 0 aliphatic rings. The van der Waals surface area contributed by atoms with E-state index in [0.29, 0.717) is 17.9 Å². The van der Waals surface area contributed by atoms with E-state index in [2.05, 4.69) is 35.4 Å². The van der Waals surface area contributed by atoms with Crippen molar-refractivity contribution in [2.24, 2.45) is 5.73 Å². The van der Waals surface area contributed by atoms with Crippen LogP contribution < -0.4 is 11.1 Å². The van der Waals surface area contributed by atoms with Crippen LogP contribution in [0.4, 0.5) is 5.82 Å². The van der Waals surface area contributed by atoms with Crippen molar-refractivity contribution in [1.29, 1.82) is 0 Å². The zero-order valence-electron chi connectivity index (χ0n) is 10.9. The van der Waals surface area contributed by atoms with Crippen molar-refractivity contribution >= 4 is 11.7 Å². The van der Waals surface area contributed by atoms with Crippen LogP contribution in [0.1, 0.15) is 21.5 Å². The summed E-state index contributed by atoms with van der Waals surface area (Å²) in [6.07, 6.45) is 2.51. The number of hydrogen-bond donors (Lipinski definition) is 2. The minimum atomic E-state index is -0.467. The Bertz CT molecular complexity index is 581. The van der Waals surface area contributed by atoms with E-state index < -0.39 is 5.91 Å². The van der Waals surface area contributed by atoms with Crippen molar-refractivity contribution < 1.29 is 4.79 Å². The molecular formula is C15H17N3O. The van der Waals surface area contributed by atoms with E-state index in [1.54, 1.807) is 18.3 Å². The molecule has 4 heteroatoms. The highest BCUT2D eigenvalue weighted by Gasteiger charge is 2.07. The van der Waals surface area contributed by atoms with Gasteiger partial charge in [-0.2, -0.15) is 0 Å². The van der Waals surface area contributed by atoms with Gasteiger partial charge in [0, 0.05) is 12.7 Å². The number of carbonyl (C=O) groups excluding carboxylic acids is 1. The molecule has 0 spiro atoms. The van der Waals surface area contributed by atoms with Gasteiger partial charge in [0.05, 0.1) is 5.56 Å². The highest BCUT2D eigenvalue weighted by Crippen LogP contribution is 2.11. The van der Waals surface area contributed by atoms with E-state index in [1.807, 2.05) is 6.07 Å². The van der Waals surface area contributed by atoms with E-state index >= 15 is 0 Å². The Labute approximate surface area is 112 Å². The SMILES string of the molecule is Cc1cccc(CCNc2ncccc2C(N)=O)c1. The van der Waals surface area contributed by atoms with Gasteiger partial charge in [0.2, 0.25) is 0 Å². The van der Waals surface area contributed by atoms with Gasteiger partial charge in [0.15, 0.2) is 0 Å². The number of aromatic nitrogens is 1. The molecule has 4 nitrogen and oxygen atoms in total. The number of nitrogens with one attached hydrogen (secondary N) is 1. The number of nitrogens with zero attached hydrogens (tertiary/aromatic N) is 1. The number of rotatable bonds is 5. The van der Waals surface area contributed by atoms with Gasteiger partial charge in [-0.05, 0) is 31.0 Å². The fourth-order valence-electron chi connectivity index (χ4n) is 1.94. The number of primary amides is 1. The van der Waals surface area contributed by atoms with Crippen molar-refractivity contribution in [1.82, 2.24) is 4.98 Å². The van der Waals surface area contributed by atoms with Crippen LogP contribution in [0.3, 0.4) is 0 Å². The minimum Gasteiger partial charge on any atom is -0.369 e. The standard InChI is InChI=1S/C15H17N3O/c1-11-4-2-5-12(10-11)7-9-18-15-13(14(16)19)6-3-8-17-15/h2-6,8,10H,7,9H2,1H3,(H2,16,19)(H,17,18). The quantitative estimate of drug-likeness (QED) is 0.860. The second-order valence-corrected chi connectivity index (χ2v) is 4.43. The summed E-state index contributed by atoms with van der Waals surface area (Å²) in [5, 5.41) is 3.15. The molecule has 0 fully saturated rings. The Kier molecular flexibility index (Phi) is 4.13. The van der Waals surface area contributed by atoms with Crippen LogP contribution in [0.25, 0.3) is 0 Å². The largest absolute Gasteiger partial charge is 0.369 e. The van der Waals surface area contributed by atoms with Crippen molar-refractivity contribution in [3.05, 3.63) is 59.3 Å². The topological polar surface area (TPSA) is 68.0 Å². The number of hydrogen-bond acceptors (Lipinski definition) is 3. The number of aryl methyl sites for hydroxylation is 1. The fraction of sp³-hybridized carbons (Fsp3) is 0.200. The average Bonchev–Trinajstić information content (AvgIpc) is 2.39. The molecule has 1 aromatic carbocycles. The van der Waals surface area contributed by atoms with Gasteiger partial charge in [0.25, 0.3) is 5.91 Å². The normalized spacial score (nSPS) is 10.2. The Morgan fingerprint density at radius 3 is 2.89 bits per heavy atom. The molecule has 1 heterocycles. The Hall–Kier alpha value is -2.36. The molecule has 1 aromatic heterocycles. The molecule has 0 radical (unpaired) electrons. The van der Waals surface area contributed by atoms with Crippen molar-refractivity contribution in [3.63, 3.8) is 0 Å². The zero-order chi connectivity index (χ0) is 13.7. The van der Waals surface area contributed by atoms with Crippen molar-refractivity contribution in [2.75, 3.05) is 11.9 Å². The maximum atomic E-state index is 11.2. The van der Waals surface area contributed by atoms with Gasteiger partial charge in [-0.25, -0.2) is 4.98 Å². The second-order valence-electron chi connectivity index (χ2n) is 4.43. The molecule has 0 atom stereocenters. The van der Waals surface area contributed by atoms with Crippen LogP contribution in [-0.4, -0.2) is 17.4 Å². The number of pyridine rings is 1. The van der Waals surface area contributed by atoms with Gasteiger partial charge < -0.3 is 11.1 Å². The third-order valence-corrected chi connectivity index (χ3v) is 2.86. The van der Waals surface area contributed by atoms with E-state index in [-0.39, 0.29) is 0 Å². The first-order valence-electron chi connectivity index (χ1n) is 6.21. The fourth-order valence-corrected chi connectivity index (χ4v) is 1.94. The Morgan fingerprint density at radius 1 is 1.32 bits per heavy atom. The summed E-state index contributed by atoms with van der Waals surface area (Å²) >= 11 is 0. The summed E-state index contributed by atoms with van der Waals surface area (Å²) in [5.41, 5.74) is 8.22. The van der Waals surface area contributed by atoms with E-state index in [0.717, 1.165) is 6.42 Å². The third kappa shape index (κ3) is 3.55. The van der Waals surface area contributed by atoms with Crippen molar-refractivity contribution in [2.45, 2.75) is 13.3 Å². The molecule has 0 aliphatic carbocycles. The number of anilines is 1. The minimum absolute atomic E-state index is 0.423. The highest BCUT2D eigenvalue weighted by atomic mass is 16.1. The summed E-state index contributed by atoms with van der Waals surface area (Å²) in [6.45, 7) is 2.78. The highest BCUT2D eigenvalue weighted by molar-refractivity contribution is 5.97. The smallest absolute Gasteiger partial charge is 0.252 e. The third-order valence-electron chi connectivity index (χ3n) is 2.86. The maximum Gasteiger partial charge on any atom is 0.252 e. The van der Waals surface area contributed by atoms with Crippen LogP contribution >= 0.6 is 0 Å². The average molecular weight is 255 g/mol. The molecule has 98 valence electrons.